The predicted octanol–water partition coefficient (Wildman–Crippen LogP) is 2.45. The van der Waals surface area contributed by atoms with Gasteiger partial charge in [-0.15, -0.1) is 11.3 Å². The van der Waals surface area contributed by atoms with Crippen LogP contribution in [0, 0.1) is 11.3 Å². The molecule has 0 radical (unpaired) electrons. The first-order valence-electron chi connectivity index (χ1n) is 7.39. The van der Waals surface area contributed by atoms with E-state index in [9.17, 15) is 5.26 Å². The molecule has 0 saturated carbocycles. The van der Waals surface area contributed by atoms with Gasteiger partial charge < -0.3 is 14.4 Å². The number of ether oxygens (including phenoxy) is 2. The lowest BCUT2D eigenvalue weighted by atomic mass is 9.91. The minimum Gasteiger partial charge on any atom is -0.362 e. The Morgan fingerprint density at radius 1 is 1.20 bits per heavy atom. The van der Waals surface area contributed by atoms with Gasteiger partial charge in [-0.1, -0.05) is 0 Å². The molecule has 0 bridgehead atoms. The molecule has 0 amide bonds. The summed E-state index contributed by atoms with van der Waals surface area (Å²) in [4.78, 5) is 3.68. The summed E-state index contributed by atoms with van der Waals surface area (Å²) < 4.78 is 11.7. The van der Waals surface area contributed by atoms with Crippen molar-refractivity contribution in [2.24, 2.45) is 0 Å². The fourth-order valence-corrected chi connectivity index (χ4v) is 4.99. The third kappa shape index (κ3) is 1.86. The molecule has 4 rings (SSSR count). The van der Waals surface area contributed by atoms with Crippen LogP contribution < -0.4 is 4.90 Å². The quantitative estimate of drug-likeness (QED) is 0.797. The smallest absolute Gasteiger partial charge is 0.173 e. The number of rotatable bonds is 1. The summed E-state index contributed by atoms with van der Waals surface area (Å²) in [7, 11) is 0. The van der Waals surface area contributed by atoms with E-state index in [1.165, 1.54) is 28.3 Å². The second kappa shape index (κ2) is 4.73. The lowest BCUT2D eigenvalue weighted by Crippen LogP contribution is -2.36. The first-order chi connectivity index (χ1) is 9.81. The van der Waals surface area contributed by atoms with E-state index in [0.717, 1.165) is 37.9 Å². The maximum atomic E-state index is 9.55. The highest BCUT2D eigenvalue weighted by Crippen LogP contribution is 2.45. The van der Waals surface area contributed by atoms with Crippen LogP contribution in [0.2, 0.25) is 0 Å². The fourth-order valence-electron chi connectivity index (χ4n) is 3.56. The molecule has 0 unspecified atom stereocenters. The highest BCUT2D eigenvalue weighted by molar-refractivity contribution is 7.16. The molecule has 0 N–H and O–H groups in total. The van der Waals surface area contributed by atoms with Crippen molar-refractivity contribution >= 4 is 16.3 Å². The van der Waals surface area contributed by atoms with Crippen LogP contribution >= 0.6 is 11.3 Å². The Bertz CT molecular complexity index is 563. The van der Waals surface area contributed by atoms with Crippen molar-refractivity contribution in [3.63, 3.8) is 0 Å². The zero-order valence-electron chi connectivity index (χ0n) is 11.5. The van der Waals surface area contributed by atoms with Gasteiger partial charge in [-0.25, -0.2) is 0 Å². The summed E-state index contributed by atoms with van der Waals surface area (Å²) in [5.74, 6) is -0.396. The molecule has 1 spiro atoms. The van der Waals surface area contributed by atoms with Gasteiger partial charge in [-0.3, -0.25) is 0 Å². The molecule has 2 fully saturated rings. The predicted molar refractivity (Wildman–Crippen MR) is 77.1 cm³/mol. The molecule has 1 aromatic rings. The summed E-state index contributed by atoms with van der Waals surface area (Å²) in [5.41, 5.74) is 2.17. The molecule has 1 aromatic heterocycles. The molecular weight excluding hydrogens is 272 g/mol. The number of anilines is 1. The standard InChI is InChI=1S/C15H18N2O2S/c16-10-12-11-3-4-15(18-7-8-19-15)9-13(11)20-14(12)17-5-1-2-6-17/h1-9H2. The third-order valence-electron chi connectivity index (χ3n) is 4.58. The Morgan fingerprint density at radius 3 is 2.65 bits per heavy atom. The van der Waals surface area contributed by atoms with E-state index >= 15 is 0 Å². The number of thiophene rings is 1. The van der Waals surface area contributed by atoms with E-state index < -0.39 is 5.79 Å². The van der Waals surface area contributed by atoms with Gasteiger partial charge in [0.15, 0.2) is 5.79 Å². The minimum atomic E-state index is -0.396. The van der Waals surface area contributed by atoms with Gasteiger partial charge in [-0.05, 0) is 24.8 Å². The molecule has 0 atom stereocenters. The SMILES string of the molecule is N#Cc1c(N2CCCC2)sc2c1CCC1(C2)OCCO1. The van der Waals surface area contributed by atoms with Gasteiger partial charge in [0.2, 0.25) is 0 Å². The fraction of sp³-hybridized carbons (Fsp3) is 0.667. The van der Waals surface area contributed by atoms with Crippen LogP contribution in [0.25, 0.3) is 0 Å². The van der Waals surface area contributed by atoms with Crippen LogP contribution in [0.1, 0.15) is 35.3 Å². The monoisotopic (exact) mass is 290 g/mol. The van der Waals surface area contributed by atoms with Crippen LogP contribution in [0.15, 0.2) is 0 Å². The number of hydrogen-bond acceptors (Lipinski definition) is 5. The Balaban J connectivity index is 1.71. The molecule has 3 aliphatic rings. The van der Waals surface area contributed by atoms with Gasteiger partial charge in [0.25, 0.3) is 0 Å². The van der Waals surface area contributed by atoms with Crippen molar-refractivity contribution in [2.45, 2.75) is 37.9 Å². The summed E-state index contributed by atoms with van der Waals surface area (Å²) in [6.45, 7) is 3.58. The van der Waals surface area contributed by atoms with Crippen molar-refractivity contribution in [3.05, 3.63) is 16.0 Å². The lowest BCUT2D eigenvalue weighted by molar-refractivity contribution is -0.163. The molecule has 106 valence electrons. The van der Waals surface area contributed by atoms with Gasteiger partial charge in [0.05, 0.1) is 18.8 Å². The molecule has 5 heteroatoms. The summed E-state index contributed by atoms with van der Waals surface area (Å²) in [6.07, 6.45) is 5.08. The zero-order chi connectivity index (χ0) is 13.6. The maximum absolute atomic E-state index is 9.55. The zero-order valence-corrected chi connectivity index (χ0v) is 12.3. The van der Waals surface area contributed by atoms with E-state index in [1.807, 2.05) is 0 Å². The van der Waals surface area contributed by atoms with Crippen LogP contribution in [-0.2, 0) is 22.3 Å². The molecule has 4 nitrogen and oxygen atoms in total. The van der Waals surface area contributed by atoms with E-state index in [1.54, 1.807) is 11.3 Å². The van der Waals surface area contributed by atoms with Crippen molar-refractivity contribution in [2.75, 3.05) is 31.2 Å². The summed E-state index contributed by atoms with van der Waals surface area (Å²) >= 11 is 1.79. The maximum Gasteiger partial charge on any atom is 0.173 e. The van der Waals surface area contributed by atoms with Crippen LogP contribution in [-0.4, -0.2) is 32.1 Å². The van der Waals surface area contributed by atoms with Gasteiger partial charge in [0.1, 0.15) is 11.1 Å². The van der Waals surface area contributed by atoms with Crippen LogP contribution in [0.3, 0.4) is 0 Å². The Morgan fingerprint density at radius 2 is 1.95 bits per heavy atom. The Hall–Kier alpha value is -1.09. The van der Waals surface area contributed by atoms with Gasteiger partial charge in [0, 0.05) is 30.8 Å². The highest BCUT2D eigenvalue weighted by atomic mass is 32.1. The van der Waals surface area contributed by atoms with E-state index in [0.29, 0.717) is 13.2 Å². The van der Waals surface area contributed by atoms with Crippen molar-refractivity contribution < 1.29 is 9.47 Å². The molecule has 0 aromatic carbocycles. The molecule has 3 heterocycles. The first-order valence-corrected chi connectivity index (χ1v) is 8.20. The molecule has 1 aliphatic carbocycles. The molecular formula is C15H18N2O2S. The largest absolute Gasteiger partial charge is 0.362 e. The van der Waals surface area contributed by atoms with Gasteiger partial charge in [-0.2, -0.15) is 5.26 Å². The molecule has 2 aliphatic heterocycles. The number of fused-ring (bicyclic) bond motifs is 1. The molecule has 2 saturated heterocycles. The Labute approximate surface area is 122 Å². The third-order valence-corrected chi connectivity index (χ3v) is 5.87. The number of nitriles is 1. The molecule has 20 heavy (non-hydrogen) atoms. The van der Waals surface area contributed by atoms with Crippen molar-refractivity contribution in [1.29, 1.82) is 5.26 Å². The van der Waals surface area contributed by atoms with E-state index in [-0.39, 0.29) is 0 Å². The number of nitrogens with zero attached hydrogens (tertiary/aromatic N) is 2. The Kier molecular flexibility index (Phi) is 2.99. The van der Waals surface area contributed by atoms with Crippen molar-refractivity contribution in [3.8, 4) is 6.07 Å². The average molecular weight is 290 g/mol. The minimum absolute atomic E-state index is 0.396. The normalized spacial score (nSPS) is 24.1. The lowest BCUT2D eigenvalue weighted by Gasteiger charge is -2.31. The summed E-state index contributed by atoms with van der Waals surface area (Å²) in [6, 6.07) is 2.45. The average Bonchev–Trinajstić information content (AvgIpc) is 3.17. The second-order valence-electron chi connectivity index (χ2n) is 5.77. The summed E-state index contributed by atoms with van der Waals surface area (Å²) in [5, 5.41) is 10.7. The van der Waals surface area contributed by atoms with E-state index in [2.05, 4.69) is 11.0 Å². The van der Waals surface area contributed by atoms with E-state index in [4.69, 9.17) is 9.47 Å². The van der Waals surface area contributed by atoms with Gasteiger partial charge >= 0.3 is 0 Å². The second-order valence-corrected chi connectivity index (χ2v) is 6.86. The van der Waals surface area contributed by atoms with Crippen LogP contribution in [0.4, 0.5) is 5.00 Å². The first kappa shape index (κ1) is 12.6. The highest BCUT2D eigenvalue weighted by Gasteiger charge is 2.42. The van der Waals surface area contributed by atoms with Crippen LogP contribution in [0.5, 0.6) is 0 Å². The number of hydrogen-bond donors (Lipinski definition) is 0. The van der Waals surface area contributed by atoms with Crippen molar-refractivity contribution in [1.82, 2.24) is 0 Å². The topological polar surface area (TPSA) is 45.5 Å².